The van der Waals surface area contributed by atoms with Gasteiger partial charge >= 0.3 is 0 Å². The Bertz CT molecular complexity index is 648. The molecule has 0 bridgehead atoms. The maximum Gasteiger partial charge on any atom is 0.203 e. The quantitative estimate of drug-likeness (QED) is 0.379. The summed E-state index contributed by atoms with van der Waals surface area (Å²) in [4.78, 5) is 0. The highest BCUT2D eigenvalue weighted by atomic mass is 79.9. The Morgan fingerprint density at radius 2 is 1.33 bits per heavy atom. The van der Waals surface area contributed by atoms with Crippen LogP contribution in [-0.2, 0) is 12.8 Å². The number of halogens is 1. The average molecular weight is 435 g/mol. The first-order valence-electron chi connectivity index (χ1n) is 9.60. The summed E-state index contributed by atoms with van der Waals surface area (Å²) in [6, 6.07) is 14.9. The maximum atomic E-state index is 5.45. The third-order valence-electron chi connectivity index (χ3n) is 4.94. The summed E-state index contributed by atoms with van der Waals surface area (Å²) in [5, 5.41) is 1.07. The van der Waals surface area contributed by atoms with Gasteiger partial charge in [0.15, 0.2) is 11.5 Å². The molecular weight excluding hydrogens is 404 g/mol. The van der Waals surface area contributed by atoms with Gasteiger partial charge in [-0.15, -0.1) is 0 Å². The highest BCUT2D eigenvalue weighted by Gasteiger charge is 2.14. The first-order chi connectivity index (χ1) is 13.2. The molecule has 0 aromatic heterocycles. The predicted molar refractivity (Wildman–Crippen MR) is 116 cm³/mol. The Hall–Kier alpha value is -1.68. The lowest BCUT2D eigenvalue weighted by atomic mass is 9.95. The largest absolute Gasteiger partial charge is 0.493 e. The molecule has 0 aliphatic rings. The molecule has 0 spiro atoms. The zero-order chi connectivity index (χ0) is 19.5. The van der Waals surface area contributed by atoms with Crippen LogP contribution < -0.4 is 14.2 Å². The van der Waals surface area contributed by atoms with Crippen LogP contribution in [0.2, 0.25) is 0 Å². The molecule has 148 valence electrons. The lowest BCUT2D eigenvalue weighted by Crippen LogP contribution is -2.04. The van der Waals surface area contributed by atoms with Gasteiger partial charge in [-0.3, -0.25) is 0 Å². The molecule has 0 fully saturated rings. The second-order valence-corrected chi connectivity index (χ2v) is 7.47. The van der Waals surface area contributed by atoms with Crippen molar-refractivity contribution in [2.45, 2.75) is 38.5 Å². The minimum absolute atomic E-state index is 0.656. The van der Waals surface area contributed by atoms with Crippen molar-refractivity contribution in [2.75, 3.05) is 26.7 Å². The Morgan fingerprint density at radius 1 is 0.778 bits per heavy atom. The van der Waals surface area contributed by atoms with Crippen LogP contribution in [0.3, 0.4) is 0 Å². The molecular formula is C23H31BrO3. The number of methoxy groups -OCH3 is 3. The minimum Gasteiger partial charge on any atom is -0.493 e. The van der Waals surface area contributed by atoms with E-state index in [-0.39, 0.29) is 0 Å². The second kappa shape index (κ2) is 11.9. The van der Waals surface area contributed by atoms with E-state index < -0.39 is 0 Å². The molecule has 4 heteroatoms. The van der Waals surface area contributed by atoms with Crippen LogP contribution >= 0.6 is 15.9 Å². The van der Waals surface area contributed by atoms with Crippen molar-refractivity contribution < 1.29 is 14.2 Å². The smallest absolute Gasteiger partial charge is 0.203 e. The summed E-state index contributed by atoms with van der Waals surface area (Å²) in [6.07, 6.45) is 7.05. The molecule has 0 radical (unpaired) electrons. The van der Waals surface area contributed by atoms with Gasteiger partial charge in [-0.1, -0.05) is 46.3 Å². The van der Waals surface area contributed by atoms with E-state index in [0.717, 1.165) is 42.0 Å². The molecule has 27 heavy (non-hydrogen) atoms. The van der Waals surface area contributed by atoms with Gasteiger partial charge in [0.05, 0.1) is 21.3 Å². The third-order valence-corrected chi connectivity index (χ3v) is 5.86. The van der Waals surface area contributed by atoms with Gasteiger partial charge in [0.1, 0.15) is 0 Å². The van der Waals surface area contributed by atoms with Crippen molar-refractivity contribution in [1.29, 1.82) is 0 Å². The van der Waals surface area contributed by atoms with Crippen molar-refractivity contribution in [3.05, 3.63) is 53.6 Å². The third kappa shape index (κ3) is 6.76. The zero-order valence-electron chi connectivity index (χ0n) is 16.7. The Morgan fingerprint density at radius 3 is 1.81 bits per heavy atom. The predicted octanol–water partition coefficient (Wildman–Crippen LogP) is 6.07. The zero-order valence-corrected chi connectivity index (χ0v) is 18.3. The van der Waals surface area contributed by atoms with E-state index in [0.29, 0.717) is 5.75 Å². The first kappa shape index (κ1) is 21.6. The number of ether oxygens (including phenoxy) is 3. The van der Waals surface area contributed by atoms with Gasteiger partial charge in [-0.05, 0) is 67.7 Å². The van der Waals surface area contributed by atoms with Gasteiger partial charge in [-0.25, -0.2) is 0 Å². The lowest BCUT2D eigenvalue weighted by molar-refractivity contribution is 0.323. The van der Waals surface area contributed by atoms with Crippen LogP contribution in [0, 0.1) is 5.92 Å². The number of hydrogen-bond donors (Lipinski definition) is 0. The summed E-state index contributed by atoms with van der Waals surface area (Å²) < 4.78 is 16.3. The summed E-state index contributed by atoms with van der Waals surface area (Å²) in [5.74, 6) is 2.83. The molecule has 0 saturated heterocycles. The Labute approximate surface area is 172 Å². The van der Waals surface area contributed by atoms with Crippen LogP contribution in [0.4, 0.5) is 0 Å². The normalized spacial score (nSPS) is 11.9. The Kier molecular flexibility index (Phi) is 9.54. The van der Waals surface area contributed by atoms with Crippen molar-refractivity contribution in [2.24, 2.45) is 5.92 Å². The Balaban J connectivity index is 1.82. The van der Waals surface area contributed by atoms with Crippen LogP contribution in [0.1, 0.15) is 36.8 Å². The van der Waals surface area contributed by atoms with E-state index in [9.17, 15) is 0 Å². The topological polar surface area (TPSA) is 27.7 Å². The van der Waals surface area contributed by atoms with Gasteiger partial charge in [0.25, 0.3) is 0 Å². The summed E-state index contributed by atoms with van der Waals surface area (Å²) in [7, 11) is 4.96. The fraction of sp³-hybridized carbons (Fsp3) is 0.478. The summed E-state index contributed by atoms with van der Waals surface area (Å²) >= 11 is 3.70. The molecule has 0 aliphatic heterocycles. The van der Waals surface area contributed by atoms with Gasteiger partial charge in [-0.2, -0.15) is 0 Å². The molecule has 0 saturated carbocycles. The molecule has 3 nitrogen and oxygen atoms in total. The number of benzene rings is 2. The van der Waals surface area contributed by atoms with E-state index >= 15 is 0 Å². The van der Waals surface area contributed by atoms with Gasteiger partial charge < -0.3 is 14.2 Å². The molecule has 0 N–H and O–H groups in total. The average Bonchev–Trinajstić information content (AvgIpc) is 2.72. The minimum atomic E-state index is 0.656. The highest BCUT2D eigenvalue weighted by Crippen LogP contribution is 2.38. The van der Waals surface area contributed by atoms with E-state index in [1.807, 2.05) is 0 Å². The fourth-order valence-corrected chi connectivity index (χ4v) is 4.06. The molecule has 0 heterocycles. The fourth-order valence-electron chi connectivity index (χ4n) is 3.41. The molecule has 0 aliphatic carbocycles. The maximum absolute atomic E-state index is 5.45. The van der Waals surface area contributed by atoms with Crippen LogP contribution in [0.25, 0.3) is 0 Å². The van der Waals surface area contributed by atoms with Crippen LogP contribution in [-0.4, -0.2) is 26.7 Å². The molecule has 2 aromatic carbocycles. The number of aryl methyl sites for hydroxylation is 2. The van der Waals surface area contributed by atoms with Crippen molar-refractivity contribution in [3.63, 3.8) is 0 Å². The van der Waals surface area contributed by atoms with E-state index in [2.05, 4.69) is 58.4 Å². The monoisotopic (exact) mass is 434 g/mol. The molecule has 2 rings (SSSR count). The van der Waals surface area contributed by atoms with Crippen molar-refractivity contribution in [1.82, 2.24) is 0 Å². The second-order valence-electron chi connectivity index (χ2n) is 6.82. The van der Waals surface area contributed by atoms with Crippen LogP contribution in [0.5, 0.6) is 17.2 Å². The van der Waals surface area contributed by atoms with E-state index in [4.69, 9.17) is 14.2 Å². The molecule has 1 unspecified atom stereocenters. The molecule has 2 aromatic rings. The van der Waals surface area contributed by atoms with E-state index in [1.54, 1.807) is 21.3 Å². The standard InChI is InChI=1S/C23H31BrO3/c1-25-21-15-20(16-22(26-2)23(21)27-3)14-8-13-19(17-24)12-7-11-18-9-5-4-6-10-18/h4-6,9-10,15-16,19H,7-8,11-14,17H2,1-3H3. The molecule has 0 amide bonds. The summed E-state index contributed by atoms with van der Waals surface area (Å²) in [5.41, 5.74) is 2.66. The van der Waals surface area contributed by atoms with E-state index in [1.165, 1.54) is 30.4 Å². The number of hydrogen-bond acceptors (Lipinski definition) is 3. The lowest BCUT2D eigenvalue weighted by Gasteiger charge is -2.16. The highest BCUT2D eigenvalue weighted by molar-refractivity contribution is 9.09. The first-order valence-corrected chi connectivity index (χ1v) is 10.7. The van der Waals surface area contributed by atoms with Gasteiger partial charge in [0.2, 0.25) is 5.75 Å². The van der Waals surface area contributed by atoms with Crippen molar-refractivity contribution >= 4 is 15.9 Å². The SMILES string of the molecule is COc1cc(CCCC(CBr)CCCc2ccccc2)cc(OC)c1OC. The number of alkyl halides is 1. The van der Waals surface area contributed by atoms with Crippen molar-refractivity contribution in [3.8, 4) is 17.2 Å². The summed E-state index contributed by atoms with van der Waals surface area (Å²) in [6.45, 7) is 0. The number of rotatable bonds is 12. The molecule has 1 atom stereocenters. The van der Waals surface area contributed by atoms with Crippen LogP contribution in [0.15, 0.2) is 42.5 Å². The van der Waals surface area contributed by atoms with Gasteiger partial charge in [0, 0.05) is 5.33 Å².